The maximum atomic E-state index is 10.4. The Balaban J connectivity index is 2.32. The molecule has 1 aliphatic carbocycles. The van der Waals surface area contributed by atoms with Crippen molar-refractivity contribution in [3.05, 3.63) is 42.0 Å². The molecule has 1 aromatic rings. The van der Waals surface area contributed by atoms with Gasteiger partial charge in [0.2, 0.25) is 6.08 Å². The molecule has 0 amide bonds. The molecule has 0 bridgehead atoms. The van der Waals surface area contributed by atoms with Crippen LogP contribution in [0.5, 0.6) is 5.75 Å². The average Bonchev–Trinajstić information content (AvgIpc) is 2.40. The van der Waals surface area contributed by atoms with Crippen LogP contribution in [0.3, 0.4) is 0 Å². The van der Waals surface area contributed by atoms with E-state index in [2.05, 4.69) is 17.1 Å². The van der Waals surface area contributed by atoms with Crippen molar-refractivity contribution in [1.29, 1.82) is 0 Å². The highest BCUT2D eigenvalue weighted by molar-refractivity contribution is 5.38. The van der Waals surface area contributed by atoms with Crippen molar-refractivity contribution in [1.82, 2.24) is 0 Å². The molecular formula is C14H15NO2. The van der Waals surface area contributed by atoms with Gasteiger partial charge in [-0.2, -0.15) is 0 Å². The molecule has 0 spiro atoms. The lowest BCUT2D eigenvalue weighted by Crippen LogP contribution is -2.17. The summed E-state index contributed by atoms with van der Waals surface area (Å²) in [7, 11) is 1.65. The lowest BCUT2D eigenvalue weighted by molar-refractivity contribution is 0.413. The number of methoxy groups -OCH3 is 1. The Bertz CT molecular complexity index is 461. The zero-order chi connectivity index (χ0) is 12.1. The van der Waals surface area contributed by atoms with E-state index in [4.69, 9.17) is 4.74 Å². The van der Waals surface area contributed by atoms with Crippen molar-refractivity contribution < 1.29 is 9.53 Å². The predicted octanol–water partition coefficient (Wildman–Crippen LogP) is 2.83. The van der Waals surface area contributed by atoms with Gasteiger partial charge in [-0.3, -0.25) is 0 Å². The Morgan fingerprint density at radius 3 is 3.12 bits per heavy atom. The number of hydrogen-bond donors (Lipinski definition) is 0. The van der Waals surface area contributed by atoms with Crippen LogP contribution in [0, 0.1) is 0 Å². The molecule has 0 radical (unpaired) electrons. The zero-order valence-electron chi connectivity index (χ0n) is 9.80. The first-order chi connectivity index (χ1) is 8.35. The summed E-state index contributed by atoms with van der Waals surface area (Å²) in [5.74, 6) is 0.982. The topological polar surface area (TPSA) is 38.7 Å². The molecule has 0 unspecified atom stereocenters. The summed E-state index contributed by atoms with van der Waals surface area (Å²) in [6.45, 7) is 0. The van der Waals surface area contributed by atoms with E-state index in [9.17, 15) is 4.79 Å². The third-order valence-electron chi connectivity index (χ3n) is 3.08. The lowest BCUT2D eigenvalue weighted by atomic mass is 9.85. The second kappa shape index (κ2) is 5.46. The molecule has 0 N–H and O–H groups in total. The summed E-state index contributed by atoms with van der Waals surface area (Å²) in [5.41, 5.74) is 1.13. The highest BCUT2D eigenvalue weighted by Crippen LogP contribution is 2.31. The largest absolute Gasteiger partial charge is 0.497 e. The summed E-state index contributed by atoms with van der Waals surface area (Å²) in [6.07, 6.45) is 7.80. The van der Waals surface area contributed by atoms with Crippen molar-refractivity contribution in [3.8, 4) is 5.75 Å². The molecule has 0 saturated carbocycles. The fourth-order valence-electron chi connectivity index (χ4n) is 2.21. The molecule has 0 aromatic heterocycles. The Labute approximate surface area is 101 Å². The number of hydrogen-bond acceptors (Lipinski definition) is 3. The number of rotatable bonds is 3. The highest BCUT2D eigenvalue weighted by Gasteiger charge is 2.22. The summed E-state index contributed by atoms with van der Waals surface area (Å²) in [4.78, 5) is 14.3. The first-order valence-corrected chi connectivity index (χ1v) is 5.72. The van der Waals surface area contributed by atoms with Gasteiger partial charge in [-0.05, 0) is 30.5 Å². The molecule has 3 nitrogen and oxygen atoms in total. The summed E-state index contributed by atoms with van der Waals surface area (Å²) in [5, 5.41) is 0. The van der Waals surface area contributed by atoms with Gasteiger partial charge in [0.1, 0.15) is 5.75 Å². The first-order valence-electron chi connectivity index (χ1n) is 5.72. The van der Waals surface area contributed by atoms with Gasteiger partial charge in [0.25, 0.3) is 0 Å². The first kappa shape index (κ1) is 11.6. The van der Waals surface area contributed by atoms with Crippen LogP contribution in [-0.4, -0.2) is 19.2 Å². The lowest BCUT2D eigenvalue weighted by Gasteiger charge is -2.23. The van der Waals surface area contributed by atoms with Gasteiger partial charge in [0, 0.05) is 5.92 Å². The Morgan fingerprint density at radius 2 is 2.35 bits per heavy atom. The molecule has 0 aliphatic heterocycles. The van der Waals surface area contributed by atoms with E-state index in [1.54, 1.807) is 13.2 Å². The smallest absolute Gasteiger partial charge is 0.235 e. The fraction of sp³-hybridized carbons (Fsp3) is 0.357. The van der Waals surface area contributed by atoms with Gasteiger partial charge in [-0.25, -0.2) is 9.79 Å². The van der Waals surface area contributed by atoms with Crippen molar-refractivity contribution in [2.24, 2.45) is 4.99 Å². The summed E-state index contributed by atoms with van der Waals surface area (Å²) >= 11 is 0. The fourth-order valence-corrected chi connectivity index (χ4v) is 2.21. The SMILES string of the molecule is COc1cccc([C@@H]2C=CCC[C@H]2N=C=O)c1. The van der Waals surface area contributed by atoms with E-state index in [1.165, 1.54) is 0 Å². The molecule has 2 rings (SSSR count). The van der Waals surface area contributed by atoms with Crippen LogP contribution in [0.2, 0.25) is 0 Å². The van der Waals surface area contributed by atoms with Crippen molar-refractivity contribution in [2.75, 3.05) is 7.11 Å². The number of carbonyl (C=O) groups excluding carboxylic acids is 1. The quantitative estimate of drug-likeness (QED) is 0.454. The van der Waals surface area contributed by atoms with E-state index in [0.717, 1.165) is 24.2 Å². The minimum atomic E-state index is 0.00426. The van der Waals surface area contributed by atoms with E-state index in [-0.39, 0.29) is 12.0 Å². The van der Waals surface area contributed by atoms with Crippen LogP contribution < -0.4 is 4.74 Å². The molecule has 17 heavy (non-hydrogen) atoms. The molecule has 1 aromatic carbocycles. The van der Waals surface area contributed by atoms with Gasteiger partial charge in [0.15, 0.2) is 0 Å². The maximum absolute atomic E-state index is 10.4. The molecule has 0 fully saturated rings. The Kier molecular flexibility index (Phi) is 3.73. The average molecular weight is 229 g/mol. The van der Waals surface area contributed by atoms with E-state index >= 15 is 0 Å². The van der Waals surface area contributed by atoms with Gasteiger partial charge in [0.05, 0.1) is 13.2 Å². The van der Waals surface area contributed by atoms with Crippen LogP contribution in [0.15, 0.2) is 41.4 Å². The van der Waals surface area contributed by atoms with Crippen LogP contribution in [0.25, 0.3) is 0 Å². The molecular weight excluding hydrogens is 214 g/mol. The van der Waals surface area contributed by atoms with Crippen molar-refractivity contribution in [2.45, 2.75) is 24.8 Å². The van der Waals surface area contributed by atoms with Crippen molar-refractivity contribution >= 4 is 6.08 Å². The van der Waals surface area contributed by atoms with Crippen LogP contribution >= 0.6 is 0 Å². The Hall–Kier alpha value is -1.86. The monoisotopic (exact) mass is 229 g/mol. The normalized spacial score (nSPS) is 22.9. The molecule has 0 saturated heterocycles. The van der Waals surface area contributed by atoms with Gasteiger partial charge < -0.3 is 4.74 Å². The third-order valence-corrected chi connectivity index (χ3v) is 3.08. The van der Waals surface area contributed by atoms with Crippen molar-refractivity contribution in [3.63, 3.8) is 0 Å². The minimum Gasteiger partial charge on any atom is -0.497 e. The van der Waals surface area contributed by atoms with Gasteiger partial charge in [-0.1, -0.05) is 24.3 Å². The van der Waals surface area contributed by atoms with Crippen LogP contribution in [0.1, 0.15) is 24.3 Å². The minimum absolute atomic E-state index is 0.00426. The number of aliphatic imine (C=N–C) groups is 1. The molecule has 88 valence electrons. The number of isocyanates is 1. The zero-order valence-corrected chi connectivity index (χ0v) is 9.80. The van der Waals surface area contributed by atoms with Crippen LogP contribution in [-0.2, 0) is 4.79 Å². The molecule has 2 atom stereocenters. The summed E-state index contributed by atoms with van der Waals surface area (Å²) < 4.78 is 5.21. The molecule has 1 aliphatic rings. The van der Waals surface area contributed by atoms with Gasteiger partial charge >= 0.3 is 0 Å². The molecule has 0 heterocycles. The standard InChI is InChI=1S/C14H15NO2/c1-17-12-6-4-5-11(9-12)13-7-2-3-8-14(13)15-10-16/h2,4-7,9,13-14H,3,8H2,1H3/t13-,14+/m0/s1. The number of ether oxygens (including phenoxy) is 1. The Morgan fingerprint density at radius 1 is 1.47 bits per heavy atom. The maximum Gasteiger partial charge on any atom is 0.235 e. The number of nitrogens with zero attached hydrogens (tertiary/aromatic N) is 1. The van der Waals surface area contributed by atoms with E-state index in [0.29, 0.717) is 0 Å². The number of allylic oxidation sites excluding steroid dienone is 1. The summed E-state index contributed by atoms with van der Waals surface area (Å²) in [6, 6.07) is 7.90. The van der Waals surface area contributed by atoms with E-state index in [1.807, 2.05) is 24.3 Å². The molecule has 3 heteroatoms. The highest BCUT2D eigenvalue weighted by atomic mass is 16.5. The van der Waals surface area contributed by atoms with Gasteiger partial charge in [-0.15, -0.1) is 0 Å². The van der Waals surface area contributed by atoms with E-state index < -0.39 is 0 Å². The second-order valence-electron chi connectivity index (χ2n) is 4.10. The second-order valence-corrected chi connectivity index (χ2v) is 4.10. The van der Waals surface area contributed by atoms with Crippen LogP contribution in [0.4, 0.5) is 0 Å². The number of benzene rings is 1. The third kappa shape index (κ3) is 2.63. The predicted molar refractivity (Wildman–Crippen MR) is 66.0 cm³/mol.